The van der Waals surface area contributed by atoms with Gasteiger partial charge in [0.05, 0.1) is 0 Å². The maximum atomic E-state index is 13.1. The van der Waals surface area contributed by atoms with Crippen LogP contribution >= 0.6 is 0 Å². The number of carbonyl (C=O) groups excluding carboxylic acids is 2. The van der Waals surface area contributed by atoms with E-state index in [0.29, 0.717) is 29.5 Å². The lowest BCUT2D eigenvalue weighted by Crippen LogP contribution is -2.50. The first-order chi connectivity index (χ1) is 13.2. The van der Waals surface area contributed by atoms with Gasteiger partial charge in [-0.15, -0.1) is 0 Å². The van der Waals surface area contributed by atoms with Crippen molar-refractivity contribution in [3.05, 3.63) is 23.8 Å². The standard InChI is InChI=1S/C20H27N3O4/c1-21-12-14-6-9-22(10-7-14)20(25)16-3-2-8-23(16)19(24)15-4-5-17-18(11-15)27-13-26-17/h4-5,11,14,16,21H,2-3,6-10,12-13H2,1H3. The van der Waals surface area contributed by atoms with Crippen molar-refractivity contribution in [2.75, 3.05) is 40.0 Å². The van der Waals surface area contributed by atoms with Crippen molar-refractivity contribution in [2.45, 2.75) is 31.7 Å². The number of likely N-dealkylation sites (tertiary alicyclic amines) is 2. The van der Waals surface area contributed by atoms with Gasteiger partial charge in [-0.1, -0.05) is 0 Å². The van der Waals surface area contributed by atoms with Gasteiger partial charge in [0.2, 0.25) is 12.7 Å². The van der Waals surface area contributed by atoms with Gasteiger partial charge < -0.3 is 24.6 Å². The van der Waals surface area contributed by atoms with Crippen LogP contribution in [0.5, 0.6) is 11.5 Å². The molecule has 0 radical (unpaired) electrons. The summed E-state index contributed by atoms with van der Waals surface area (Å²) in [4.78, 5) is 29.8. The minimum absolute atomic E-state index is 0.101. The molecule has 1 atom stereocenters. The largest absolute Gasteiger partial charge is 0.454 e. The molecule has 3 aliphatic heterocycles. The van der Waals surface area contributed by atoms with Crippen LogP contribution in [-0.2, 0) is 4.79 Å². The van der Waals surface area contributed by atoms with Gasteiger partial charge in [-0.2, -0.15) is 0 Å². The zero-order valence-electron chi connectivity index (χ0n) is 15.8. The summed E-state index contributed by atoms with van der Waals surface area (Å²) in [6.45, 7) is 3.38. The third-order valence-electron chi connectivity index (χ3n) is 5.84. The van der Waals surface area contributed by atoms with Gasteiger partial charge in [0.25, 0.3) is 5.91 Å². The molecule has 0 aromatic heterocycles. The Labute approximate surface area is 159 Å². The molecular formula is C20H27N3O4. The average molecular weight is 373 g/mol. The number of fused-ring (bicyclic) bond motifs is 1. The van der Waals surface area contributed by atoms with E-state index in [9.17, 15) is 9.59 Å². The number of nitrogens with zero attached hydrogens (tertiary/aromatic N) is 2. The average Bonchev–Trinajstić information content (AvgIpc) is 3.36. The number of ether oxygens (including phenoxy) is 2. The summed E-state index contributed by atoms with van der Waals surface area (Å²) in [5, 5.41) is 3.22. The van der Waals surface area contributed by atoms with Crippen molar-refractivity contribution < 1.29 is 19.1 Å². The Morgan fingerprint density at radius 2 is 1.89 bits per heavy atom. The van der Waals surface area contributed by atoms with E-state index in [-0.39, 0.29) is 24.6 Å². The number of rotatable bonds is 4. The maximum Gasteiger partial charge on any atom is 0.254 e. The smallest absolute Gasteiger partial charge is 0.254 e. The fourth-order valence-corrected chi connectivity index (χ4v) is 4.32. The molecule has 0 bridgehead atoms. The molecule has 1 N–H and O–H groups in total. The lowest BCUT2D eigenvalue weighted by atomic mass is 9.96. The summed E-state index contributed by atoms with van der Waals surface area (Å²) in [5.74, 6) is 1.88. The Morgan fingerprint density at radius 1 is 1.11 bits per heavy atom. The summed E-state index contributed by atoms with van der Waals surface area (Å²) >= 11 is 0. The lowest BCUT2D eigenvalue weighted by molar-refractivity contribution is -0.136. The number of benzene rings is 1. The molecule has 1 aromatic carbocycles. The van der Waals surface area contributed by atoms with Crippen molar-refractivity contribution in [1.82, 2.24) is 15.1 Å². The Balaban J connectivity index is 1.43. The lowest BCUT2D eigenvalue weighted by Gasteiger charge is -2.35. The normalized spacial score (nSPS) is 22.3. The molecule has 2 fully saturated rings. The molecule has 3 aliphatic rings. The van der Waals surface area contributed by atoms with Crippen LogP contribution in [0.2, 0.25) is 0 Å². The molecule has 7 nitrogen and oxygen atoms in total. The Kier molecular flexibility index (Phi) is 5.20. The van der Waals surface area contributed by atoms with Crippen LogP contribution in [0.25, 0.3) is 0 Å². The summed E-state index contributed by atoms with van der Waals surface area (Å²) in [6.07, 6.45) is 3.65. The quantitative estimate of drug-likeness (QED) is 0.866. The summed E-state index contributed by atoms with van der Waals surface area (Å²) in [7, 11) is 1.97. The highest BCUT2D eigenvalue weighted by atomic mass is 16.7. The number of hydrogen-bond acceptors (Lipinski definition) is 5. The number of nitrogens with one attached hydrogen (secondary N) is 1. The highest BCUT2D eigenvalue weighted by Crippen LogP contribution is 2.33. The first-order valence-electron chi connectivity index (χ1n) is 9.81. The molecule has 146 valence electrons. The molecule has 7 heteroatoms. The number of hydrogen-bond donors (Lipinski definition) is 1. The van der Waals surface area contributed by atoms with E-state index in [2.05, 4.69) is 5.32 Å². The molecule has 27 heavy (non-hydrogen) atoms. The van der Waals surface area contributed by atoms with E-state index >= 15 is 0 Å². The molecule has 1 aromatic rings. The van der Waals surface area contributed by atoms with Crippen LogP contribution in [0.3, 0.4) is 0 Å². The molecule has 1 unspecified atom stereocenters. The minimum atomic E-state index is -0.344. The molecule has 0 aliphatic carbocycles. The zero-order valence-corrected chi connectivity index (χ0v) is 15.8. The topological polar surface area (TPSA) is 71.1 Å². The van der Waals surface area contributed by atoms with Crippen molar-refractivity contribution in [3.8, 4) is 11.5 Å². The van der Waals surface area contributed by atoms with E-state index in [0.717, 1.165) is 45.3 Å². The van der Waals surface area contributed by atoms with Gasteiger partial charge in [-0.05, 0) is 63.4 Å². The van der Waals surface area contributed by atoms with Gasteiger partial charge in [0.15, 0.2) is 11.5 Å². The predicted octanol–water partition coefficient (Wildman–Crippen LogP) is 1.48. The highest BCUT2D eigenvalue weighted by molar-refractivity contribution is 5.98. The minimum Gasteiger partial charge on any atom is -0.454 e. The second kappa shape index (κ2) is 7.76. The van der Waals surface area contributed by atoms with Crippen LogP contribution in [0.15, 0.2) is 18.2 Å². The Bertz CT molecular complexity index is 715. The van der Waals surface area contributed by atoms with E-state index in [1.54, 1.807) is 23.1 Å². The van der Waals surface area contributed by atoms with Crippen LogP contribution < -0.4 is 14.8 Å². The van der Waals surface area contributed by atoms with Crippen molar-refractivity contribution in [1.29, 1.82) is 0 Å². The monoisotopic (exact) mass is 373 g/mol. The van der Waals surface area contributed by atoms with Crippen LogP contribution in [0.4, 0.5) is 0 Å². The van der Waals surface area contributed by atoms with Gasteiger partial charge in [0.1, 0.15) is 6.04 Å². The second-order valence-electron chi connectivity index (χ2n) is 7.55. The van der Waals surface area contributed by atoms with E-state index in [1.807, 2.05) is 11.9 Å². The first kappa shape index (κ1) is 18.1. The van der Waals surface area contributed by atoms with Crippen molar-refractivity contribution >= 4 is 11.8 Å². The molecule has 2 saturated heterocycles. The fraction of sp³-hybridized carbons (Fsp3) is 0.600. The molecule has 2 amide bonds. The molecule has 3 heterocycles. The number of carbonyl (C=O) groups is 2. The van der Waals surface area contributed by atoms with Gasteiger partial charge in [0, 0.05) is 25.2 Å². The third-order valence-corrected chi connectivity index (χ3v) is 5.84. The van der Waals surface area contributed by atoms with Gasteiger partial charge in [-0.3, -0.25) is 9.59 Å². The van der Waals surface area contributed by atoms with E-state index in [4.69, 9.17) is 9.47 Å². The van der Waals surface area contributed by atoms with Crippen LogP contribution in [0, 0.1) is 5.92 Å². The van der Waals surface area contributed by atoms with Crippen LogP contribution in [0.1, 0.15) is 36.0 Å². The molecular weight excluding hydrogens is 346 g/mol. The zero-order chi connectivity index (χ0) is 18.8. The third kappa shape index (κ3) is 3.60. The highest BCUT2D eigenvalue weighted by Gasteiger charge is 2.38. The summed E-state index contributed by atoms with van der Waals surface area (Å²) in [5.41, 5.74) is 0.548. The van der Waals surface area contributed by atoms with Gasteiger partial charge >= 0.3 is 0 Å². The second-order valence-corrected chi connectivity index (χ2v) is 7.55. The Hall–Kier alpha value is -2.28. The van der Waals surface area contributed by atoms with Gasteiger partial charge in [-0.25, -0.2) is 0 Å². The van der Waals surface area contributed by atoms with E-state index in [1.165, 1.54) is 0 Å². The maximum absolute atomic E-state index is 13.1. The van der Waals surface area contributed by atoms with Crippen LogP contribution in [-0.4, -0.2) is 67.7 Å². The molecule has 0 saturated carbocycles. The van der Waals surface area contributed by atoms with Crippen molar-refractivity contribution in [3.63, 3.8) is 0 Å². The number of amides is 2. The van der Waals surface area contributed by atoms with Crippen molar-refractivity contribution in [2.24, 2.45) is 5.92 Å². The summed E-state index contributed by atoms with van der Waals surface area (Å²) in [6, 6.07) is 4.88. The predicted molar refractivity (Wildman–Crippen MR) is 99.9 cm³/mol. The Morgan fingerprint density at radius 3 is 2.67 bits per heavy atom. The number of piperidine rings is 1. The van der Waals surface area contributed by atoms with E-state index < -0.39 is 0 Å². The SMILES string of the molecule is CNCC1CCN(C(=O)C2CCCN2C(=O)c2ccc3c(c2)OCO3)CC1. The first-order valence-corrected chi connectivity index (χ1v) is 9.81. The molecule has 4 rings (SSSR count). The molecule has 0 spiro atoms. The summed E-state index contributed by atoms with van der Waals surface area (Å²) < 4.78 is 10.7. The fourth-order valence-electron chi connectivity index (χ4n) is 4.32.